The van der Waals surface area contributed by atoms with Gasteiger partial charge in [-0.05, 0) is 6.92 Å². The van der Waals surface area contributed by atoms with Crippen molar-refractivity contribution < 1.29 is 13.2 Å². The Hall–Kier alpha value is -1.12. The van der Waals surface area contributed by atoms with Gasteiger partial charge in [0.2, 0.25) is 10.0 Å². The maximum Gasteiger partial charge on any atom is 0.245 e. The zero-order valence-electron chi connectivity index (χ0n) is 9.30. The number of ether oxygens (including phenoxy) is 1. The number of sulfonamides is 1. The van der Waals surface area contributed by atoms with Crippen molar-refractivity contribution in [3.63, 3.8) is 0 Å². The van der Waals surface area contributed by atoms with Gasteiger partial charge >= 0.3 is 0 Å². The fourth-order valence-electron chi connectivity index (χ4n) is 1.19. The molecular weight excluding hydrogens is 232 g/mol. The van der Waals surface area contributed by atoms with Crippen molar-refractivity contribution in [3.8, 4) is 0 Å². The molecule has 0 spiro atoms. The molecule has 0 saturated carbocycles. The summed E-state index contributed by atoms with van der Waals surface area (Å²) >= 11 is 0. The van der Waals surface area contributed by atoms with E-state index in [1.165, 1.54) is 18.0 Å². The number of hydrogen-bond acceptors (Lipinski definition) is 5. The summed E-state index contributed by atoms with van der Waals surface area (Å²) in [5.74, 6) is 0.146. The van der Waals surface area contributed by atoms with E-state index < -0.39 is 10.0 Å². The molecule has 0 atom stereocenters. The van der Waals surface area contributed by atoms with Gasteiger partial charge in [0.25, 0.3) is 0 Å². The molecule has 8 heteroatoms. The number of methoxy groups -OCH3 is 1. The van der Waals surface area contributed by atoms with Gasteiger partial charge in [-0.3, -0.25) is 0 Å². The number of nitrogens with two attached hydrogens (primary N) is 1. The van der Waals surface area contributed by atoms with Crippen LogP contribution >= 0.6 is 0 Å². The van der Waals surface area contributed by atoms with E-state index in [4.69, 9.17) is 10.5 Å². The van der Waals surface area contributed by atoms with Crippen molar-refractivity contribution in [1.29, 1.82) is 0 Å². The van der Waals surface area contributed by atoms with Gasteiger partial charge in [0.05, 0.1) is 12.8 Å². The second-order valence-corrected chi connectivity index (χ2v) is 4.84. The first-order valence-corrected chi connectivity index (χ1v) is 6.31. The molecule has 0 saturated heterocycles. The molecule has 1 heterocycles. The number of rotatable bonds is 6. The predicted molar refractivity (Wildman–Crippen MR) is 59.4 cm³/mol. The average Bonchev–Trinajstić information content (AvgIpc) is 2.60. The lowest BCUT2D eigenvalue weighted by molar-refractivity contribution is 0.204. The molecule has 0 aliphatic rings. The highest BCUT2D eigenvalue weighted by molar-refractivity contribution is 7.89. The highest BCUT2D eigenvalue weighted by Gasteiger charge is 2.20. The normalized spacial score (nSPS) is 11.9. The minimum absolute atomic E-state index is 0.00505. The Balaban J connectivity index is 2.86. The third-order valence-electron chi connectivity index (χ3n) is 2.03. The Labute approximate surface area is 94.6 Å². The van der Waals surface area contributed by atoms with Crippen LogP contribution in [-0.2, 0) is 21.3 Å². The van der Waals surface area contributed by atoms with Gasteiger partial charge in [0.1, 0.15) is 10.7 Å². The van der Waals surface area contributed by atoms with Gasteiger partial charge in [-0.25, -0.2) is 17.8 Å². The predicted octanol–water partition coefficient (Wildman–Crippen LogP) is -0.590. The summed E-state index contributed by atoms with van der Waals surface area (Å²) in [6.45, 7) is 2.87. The molecule has 0 amide bonds. The van der Waals surface area contributed by atoms with E-state index in [9.17, 15) is 8.42 Å². The molecule has 0 bridgehead atoms. The number of aryl methyl sites for hydroxylation is 1. The number of aromatic nitrogens is 2. The van der Waals surface area contributed by atoms with Gasteiger partial charge in [-0.2, -0.15) is 5.10 Å². The minimum atomic E-state index is -3.59. The van der Waals surface area contributed by atoms with Crippen LogP contribution in [0.4, 0.5) is 5.82 Å². The van der Waals surface area contributed by atoms with Crippen LogP contribution in [0.2, 0.25) is 0 Å². The van der Waals surface area contributed by atoms with Gasteiger partial charge in [-0.15, -0.1) is 0 Å². The molecular formula is C8H16N4O3S. The largest absolute Gasteiger partial charge is 0.383 e. The van der Waals surface area contributed by atoms with Crippen LogP contribution in [0.1, 0.15) is 6.92 Å². The highest BCUT2D eigenvalue weighted by Crippen LogP contribution is 2.16. The molecule has 0 fully saturated rings. The number of anilines is 1. The first kappa shape index (κ1) is 12.9. The van der Waals surface area contributed by atoms with Crippen molar-refractivity contribution in [1.82, 2.24) is 14.5 Å². The van der Waals surface area contributed by atoms with Crippen LogP contribution in [0.25, 0.3) is 0 Å². The van der Waals surface area contributed by atoms with E-state index in [0.717, 1.165) is 0 Å². The second kappa shape index (κ2) is 5.28. The third-order valence-corrected chi connectivity index (χ3v) is 3.51. The molecule has 7 nitrogen and oxygen atoms in total. The molecule has 0 aliphatic carbocycles. The first-order valence-electron chi connectivity index (χ1n) is 4.82. The number of nitrogens with one attached hydrogen (secondary N) is 1. The van der Waals surface area contributed by atoms with Crippen molar-refractivity contribution in [2.75, 3.05) is 26.0 Å². The quantitative estimate of drug-likeness (QED) is 0.655. The SMILES string of the molecule is CCn1ncc(S(=O)(=O)NCCOC)c1N. The molecule has 0 aliphatic heterocycles. The molecule has 0 unspecified atom stereocenters. The summed E-state index contributed by atoms with van der Waals surface area (Å²) < 4.78 is 32.1. The van der Waals surface area contributed by atoms with Gasteiger partial charge in [-0.1, -0.05) is 0 Å². The monoisotopic (exact) mass is 248 g/mol. The smallest absolute Gasteiger partial charge is 0.245 e. The average molecular weight is 248 g/mol. The van der Waals surface area contributed by atoms with E-state index in [0.29, 0.717) is 13.2 Å². The zero-order chi connectivity index (χ0) is 12.2. The van der Waals surface area contributed by atoms with Gasteiger partial charge in [0.15, 0.2) is 0 Å². The van der Waals surface area contributed by atoms with Crippen LogP contribution in [-0.4, -0.2) is 38.5 Å². The lowest BCUT2D eigenvalue weighted by atomic mass is 10.6. The molecule has 0 aromatic carbocycles. The highest BCUT2D eigenvalue weighted by atomic mass is 32.2. The summed E-state index contributed by atoms with van der Waals surface area (Å²) in [6.07, 6.45) is 1.24. The molecule has 16 heavy (non-hydrogen) atoms. The molecule has 1 rings (SSSR count). The zero-order valence-corrected chi connectivity index (χ0v) is 10.1. The summed E-state index contributed by atoms with van der Waals surface area (Å²) in [4.78, 5) is 0.00505. The number of nitrogens with zero attached hydrogens (tertiary/aromatic N) is 2. The van der Waals surface area contributed by atoms with Gasteiger partial charge in [0, 0.05) is 20.2 Å². The van der Waals surface area contributed by atoms with Crippen molar-refractivity contribution >= 4 is 15.8 Å². The maximum absolute atomic E-state index is 11.8. The van der Waals surface area contributed by atoms with Crippen molar-refractivity contribution in [2.45, 2.75) is 18.4 Å². The molecule has 1 aromatic heterocycles. The standard InChI is InChI=1S/C8H16N4O3S/c1-3-12-8(9)7(6-10-12)16(13,14)11-4-5-15-2/h6,11H,3-5,9H2,1-2H3. The number of nitrogen functional groups attached to an aromatic ring is 1. The topological polar surface area (TPSA) is 99.2 Å². The summed E-state index contributed by atoms with van der Waals surface area (Å²) in [5.41, 5.74) is 5.65. The lowest BCUT2D eigenvalue weighted by Crippen LogP contribution is -2.27. The van der Waals surface area contributed by atoms with Crippen LogP contribution in [0, 0.1) is 0 Å². The third kappa shape index (κ3) is 2.71. The Morgan fingerprint density at radius 3 is 2.81 bits per heavy atom. The Morgan fingerprint density at radius 1 is 1.62 bits per heavy atom. The molecule has 92 valence electrons. The lowest BCUT2D eigenvalue weighted by Gasteiger charge is -2.05. The summed E-state index contributed by atoms with van der Waals surface area (Å²) in [6, 6.07) is 0. The number of hydrogen-bond donors (Lipinski definition) is 2. The Bertz CT molecular complexity index is 440. The summed E-state index contributed by atoms with van der Waals surface area (Å²) in [7, 11) is -2.09. The van der Waals surface area contributed by atoms with Crippen LogP contribution in [0.15, 0.2) is 11.1 Å². The first-order chi connectivity index (χ1) is 7.53. The van der Waals surface area contributed by atoms with Crippen molar-refractivity contribution in [2.24, 2.45) is 0 Å². The molecule has 1 aromatic rings. The van der Waals surface area contributed by atoms with Crippen LogP contribution < -0.4 is 10.5 Å². The van der Waals surface area contributed by atoms with Crippen LogP contribution in [0.3, 0.4) is 0 Å². The van der Waals surface area contributed by atoms with E-state index in [-0.39, 0.29) is 17.3 Å². The Morgan fingerprint density at radius 2 is 2.31 bits per heavy atom. The van der Waals surface area contributed by atoms with E-state index in [1.807, 2.05) is 6.92 Å². The van der Waals surface area contributed by atoms with E-state index in [1.54, 1.807) is 0 Å². The molecule has 3 N–H and O–H groups in total. The minimum Gasteiger partial charge on any atom is -0.383 e. The maximum atomic E-state index is 11.8. The van der Waals surface area contributed by atoms with E-state index >= 15 is 0 Å². The second-order valence-electron chi connectivity index (χ2n) is 3.10. The summed E-state index contributed by atoms with van der Waals surface area (Å²) in [5, 5.41) is 3.87. The fraction of sp³-hybridized carbons (Fsp3) is 0.625. The fourth-order valence-corrected chi connectivity index (χ4v) is 2.27. The Kier molecular flexibility index (Phi) is 4.27. The van der Waals surface area contributed by atoms with Crippen molar-refractivity contribution in [3.05, 3.63) is 6.20 Å². The van der Waals surface area contributed by atoms with E-state index in [2.05, 4.69) is 9.82 Å². The van der Waals surface area contributed by atoms with Crippen LogP contribution in [0.5, 0.6) is 0 Å². The van der Waals surface area contributed by atoms with Gasteiger partial charge < -0.3 is 10.5 Å². The molecule has 0 radical (unpaired) electrons.